The Labute approximate surface area is 126 Å². The van der Waals surface area contributed by atoms with Gasteiger partial charge in [0.25, 0.3) is 0 Å². The third-order valence-corrected chi connectivity index (χ3v) is 5.42. The molecule has 2 atom stereocenters. The molecular weight excluding hydrogens is 274 g/mol. The monoisotopic (exact) mass is 297 g/mol. The molecular formula is C16H24ClNS. The summed E-state index contributed by atoms with van der Waals surface area (Å²) in [4.78, 5) is 0. The highest BCUT2D eigenvalue weighted by atomic mass is 35.5. The summed E-state index contributed by atoms with van der Waals surface area (Å²) in [6.45, 7) is 8.05. The van der Waals surface area contributed by atoms with Crippen LogP contribution in [0.2, 0.25) is 5.02 Å². The zero-order chi connectivity index (χ0) is 14.0. The van der Waals surface area contributed by atoms with E-state index in [-0.39, 0.29) is 5.41 Å². The standard InChI is InChI=1S/C16H24ClNS/c1-11(19-4)7-8-18-15-14-9-13(17)6-5-12(14)10-16(15,2)3/h5-6,9,11,15,18H,7-8,10H2,1-4H3. The molecule has 3 heteroatoms. The van der Waals surface area contributed by atoms with Crippen molar-refractivity contribution in [3.8, 4) is 0 Å². The van der Waals surface area contributed by atoms with Crippen LogP contribution in [0.15, 0.2) is 18.2 Å². The number of hydrogen-bond donors (Lipinski definition) is 1. The highest BCUT2D eigenvalue weighted by Gasteiger charge is 2.38. The van der Waals surface area contributed by atoms with E-state index in [1.54, 1.807) is 0 Å². The third kappa shape index (κ3) is 3.48. The molecule has 0 bridgehead atoms. The summed E-state index contributed by atoms with van der Waals surface area (Å²) in [7, 11) is 0. The number of halogens is 1. The maximum Gasteiger partial charge on any atom is 0.0409 e. The molecule has 2 rings (SSSR count). The average molecular weight is 298 g/mol. The molecule has 1 aliphatic rings. The second kappa shape index (κ2) is 6.07. The topological polar surface area (TPSA) is 12.0 Å². The first-order valence-electron chi connectivity index (χ1n) is 6.98. The van der Waals surface area contributed by atoms with Crippen molar-refractivity contribution in [3.05, 3.63) is 34.3 Å². The Hall–Kier alpha value is -0.180. The van der Waals surface area contributed by atoms with Crippen molar-refractivity contribution >= 4 is 23.4 Å². The average Bonchev–Trinajstić information content (AvgIpc) is 2.60. The molecule has 0 radical (unpaired) electrons. The van der Waals surface area contributed by atoms with E-state index in [9.17, 15) is 0 Å². The number of nitrogens with one attached hydrogen (secondary N) is 1. The van der Waals surface area contributed by atoms with Crippen molar-refractivity contribution in [2.24, 2.45) is 5.41 Å². The molecule has 0 heterocycles. The molecule has 1 N–H and O–H groups in total. The van der Waals surface area contributed by atoms with Gasteiger partial charge in [0.2, 0.25) is 0 Å². The number of hydrogen-bond acceptors (Lipinski definition) is 2. The van der Waals surface area contributed by atoms with Crippen LogP contribution >= 0.6 is 23.4 Å². The molecule has 1 aromatic rings. The van der Waals surface area contributed by atoms with Crippen molar-refractivity contribution in [1.82, 2.24) is 5.32 Å². The van der Waals surface area contributed by atoms with Crippen LogP contribution in [-0.4, -0.2) is 18.1 Å². The van der Waals surface area contributed by atoms with Crippen LogP contribution < -0.4 is 5.32 Å². The van der Waals surface area contributed by atoms with Crippen molar-refractivity contribution in [2.75, 3.05) is 12.8 Å². The van der Waals surface area contributed by atoms with Crippen LogP contribution in [-0.2, 0) is 6.42 Å². The van der Waals surface area contributed by atoms with Crippen molar-refractivity contribution < 1.29 is 0 Å². The van der Waals surface area contributed by atoms with Crippen LogP contribution in [0.3, 0.4) is 0 Å². The van der Waals surface area contributed by atoms with Gasteiger partial charge in [-0.2, -0.15) is 11.8 Å². The smallest absolute Gasteiger partial charge is 0.0409 e. The van der Waals surface area contributed by atoms with Crippen LogP contribution in [0, 0.1) is 5.41 Å². The first kappa shape index (κ1) is 15.2. The lowest BCUT2D eigenvalue weighted by molar-refractivity contribution is 0.269. The summed E-state index contributed by atoms with van der Waals surface area (Å²) in [5.74, 6) is 0. The SMILES string of the molecule is CSC(C)CCNC1c2cc(Cl)ccc2CC1(C)C. The zero-order valence-corrected chi connectivity index (χ0v) is 13.9. The summed E-state index contributed by atoms with van der Waals surface area (Å²) in [6.07, 6.45) is 4.53. The number of thioether (sulfide) groups is 1. The lowest BCUT2D eigenvalue weighted by Crippen LogP contribution is -2.32. The Balaban J connectivity index is 2.08. The van der Waals surface area contributed by atoms with Gasteiger partial charge in [-0.05, 0) is 54.3 Å². The van der Waals surface area contributed by atoms with E-state index in [0.29, 0.717) is 6.04 Å². The Bertz CT molecular complexity index is 444. The molecule has 19 heavy (non-hydrogen) atoms. The normalized spacial score (nSPS) is 22.3. The highest BCUT2D eigenvalue weighted by molar-refractivity contribution is 7.99. The molecule has 0 saturated heterocycles. The fraction of sp³-hybridized carbons (Fsp3) is 0.625. The minimum atomic E-state index is 0.273. The first-order chi connectivity index (χ1) is 8.94. The first-order valence-corrected chi connectivity index (χ1v) is 8.65. The Morgan fingerprint density at radius 1 is 1.47 bits per heavy atom. The maximum atomic E-state index is 6.16. The third-order valence-electron chi connectivity index (χ3n) is 4.15. The quantitative estimate of drug-likeness (QED) is 0.846. The van der Waals surface area contributed by atoms with E-state index < -0.39 is 0 Å². The summed E-state index contributed by atoms with van der Waals surface area (Å²) in [5.41, 5.74) is 3.12. The minimum Gasteiger partial charge on any atom is -0.309 e. The summed E-state index contributed by atoms with van der Waals surface area (Å²) in [5, 5.41) is 5.31. The lowest BCUT2D eigenvalue weighted by atomic mass is 9.85. The number of fused-ring (bicyclic) bond motifs is 1. The van der Waals surface area contributed by atoms with Gasteiger partial charge in [0.1, 0.15) is 0 Å². The van der Waals surface area contributed by atoms with Gasteiger partial charge < -0.3 is 5.32 Å². The van der Waals surface area contributed by atoms with Gasteiger partial charge in [0.05, 0.1) is 0 Å². The fourth-order valence-electron chi connectivity index (χ4n) is 2.94. The molecule has 1 aliphatic carbocycles. The van der Waals surface area contributed by atoms with Crippen molar-refractivity contribution in [1.29, 1.82) is 0 Å². The van der Waals surface area contributed by atoms with Crippen molar-refractivity contribution in [3.63, 3.8) is 0 Å². The molecule has 0 amide bonds. The minimum absolute atomic E-state index is 0.273. The molecule has 0 saturated carbocycles. The van der Waals surface area contributed by atoms with Gasteiger partial charge in [-0.25, -0.2) is 0 Å². The predicted octanol–water partition coefficient (Wildman–Crippen LogP) is 4.69. The van der Waals surface area contributed by atoms with Crippen molar-refractivity contribution in [2.45, 2.75) is 44.9 Å². The fourth-order valence-corrected chi connectivity index (χ4v) is 3.48. The zero-order valence-electron chi connectivity index (χ0n) is 12.3. The van der Waals surface area contributed by atoms with E-state index in [0.717, 1.165) is 23.2 Å². The van der Waals surface area contributed by atoms with E-state index in [1.165, 1.54) is 17.5 Å². The van der Waals surface area contributed by atoms with E-state index in [2.05, 4.69) is 44.5 Å². The van der Waals surface area contributed by atoms with Gasteiger partial charge >= 0.3 is 0 Å². The maximum absolute atomic E-state index is 6.16. The highest BCUT2D eigenvalue weighted by Crippen LogP contribution is 2.45. The predicted molar refractivity (Wildman–Crippen MR) is 87.3 cm³/mol. The van der Waals surface area contributed by atoms with E-state index >= 15 is 0 Å². The summed E-state index contributed by atoms with van der Waals surface area (Å²) in [6, 6.07) is 6.76. The lowest BCUT2D eigenvalue weighted by Gasteiger charge is -2.29. The van der Waals surface area contributed by atoms with E-state index in [4.69, 9.17) is 11.6 Å². The molecule has 0 fully saturated rings. The summed E-state index contributed by atoms with van der Waals surface area (Å²) < 4.78 is 0. The van der Waals surface area contributed by atoms with Crippen LogP contribution in [0.1, 0.15) is 44.4 Å². The van der Waals surface area contributed by atoms with Gasteiger partial charge in [-0.3, -0.25) is 0 Å². The van der Waals surface area contributed by atoms with Crippen LogP contribution in [0.4, 0.5) is 0 Å². The van der Waals surface area contributed by atoms with Crippen LogP contribution in [0.25, 0.3) is 0 Å². The molecule has 0 aromatic heterocycles. The van der Waals surface area contributed by atoms with Gasteiger partial charge in [0.15, 0.2) is 0 Å². The second-order valence-electron chi connectivity index (χ2n) is 6.23. The largest absolute Gasteiger partial charge is 0.309 e. The molecule has 1 nitrogen and oxygen atoms in total. The molecule has 2 unspecified atom stereocenters. The molecule has 0 aliphatic heterocycles. The Kier molecular flexibility index (Phi) is 4.86. The Morgan fingerprint density at radius 2 is 2.21 bits per heavy atom. The summed E-state index contributed by atoms with van der Waals surface area (Å²) >= 11 is 8.09. The van der Waals surface area contributed by atoms with Gasteiger partial charge in [-0.15, -0.1) is 0 Å². The molecule has 0 spiro atoms. The molecule has 106 valence electrons. The van der Waals surface area contributed by atoms with Gasteiger partial charge in [-0.1, -0.05) is 38.4 Å². The molecule has 1 aromatic carbocycles. The van der Waals surface area contributed by atoms with E-state index in [1.807, 2.05) is 17.8 Å². The van der Waals surface area contributed by atoms with Crippen LogP contribution in [0.5, 0.6) is 0 Å². The number of benzene rings is 1. The second-order valence-corrected chi connectivity index (χ2v) is 7.94. The number of rotatable bonds is 5. The van der Waals surface area contributed by atoms with Gasteiger partial charge in [0, 0.05) is 16.3 Å². The Morgan fingerprint density at radius 3 is 2.89 bits per heavy atom.